The Hall–Kier alpha value is -6.13. The molecule has 7 aromatic rings. The number of anilines is 3. The van der Waals surface area contributed by atoms with E-state index in [1.54, 1.807) is 0 Å². The van der Waals surface area contributed by atoms with Crippen LogP contribution in [0.5, 0.6) is 0 Å². The summed E-state index contributed by atoms with van der Waals surface area (Å²) in [7, 11) is 0. The monoisotopic (exact) mass is 632 g/mol. The highest BCUT2D eigenvalue weighted by molar-refractivity contribution is 6.14. The van der Waals surface area contributed by atoms with E-state index >= 15 is 0 Å². The van der Waals surface area contributed by atoms with Crippen LogP contribution < -0.4 is 10.2 Å². The van der Waals surface area contributed by atoms with Gasteiger partial charge in [-0.05, 0) is 71.1 Å². The third-order valence-electron chi connectivity index (χ3n) is 10.2. The van der Waals surface area contributed by atoms with Crippen LogP contribution in [0.25, 0.3) is 22.7 Å². The van der Waals surface area contributed by atoms with Gasteiger partial charge in [0.2, 0.25) is 0 Å². The van der Waals surface area contributed by atoms with Crippen molar-refractivity contribution in [1.82, 2.24) is 4.57 Å². The molecule has 2 atom stereocenters. The molecule has 49 heavy (non-hydrogen) atoms. The normalized spacial score (nSPS) is 16.1. The largest absolute Gasteiger partial charge is 0.380 e. The minimum Gasteiger partial charge on any atom is -0.380 e. The van der Waals surface area contributed by atoms with Gasteiger partial charge >= 0.3 is 0 Å². The van der Waals surface area contributed by atoms with Crippen LogP contribution in [0, 0.1) is 5.41 Å². The topological polar surface area (TPSA) is 44.1 Å². The lowest BCUT2D eigenvalue weighted by Gasteiger charge is -2.31. The molecule has 9 rings (SSSR count). The summed E-state index contributed by atoms with van der Waals surface area (Å²) in [4.78, 5) is 2.46. The maximum Gasteiger partial charge on any atom is 0.0705 e. The first-order valence-corrected chi connectivity index (χ1v) is 17.0. The number of hydrogen-bond acceptors (Lipinski definition) is 3. The number of benzene rings is 6. The van der Waals surface area contributed by atoms with Gasteiger partial charge in [0.1, 0.15) is 0 Å². The van der Waals surface area contributed by atoms with E-state index in [2.05, 4.69) is 137 Å². The summed E-state index contributed by atoms with van der Waals surface area (Å²) >= 11 is 0. The molecule has 2 unspecified atom stereocenters. The van der Waals surface area contributed by atoms with Crippen LogP contribution in [0.15, 0.2) is 163 Å². The Morgan fingerprint density at radius 3 is 2.16 bits per heavy atom. The lowest BCUT2D eigenvalue weighted by molar-refractivity contribution is 0.654. The third kappa shape index (κ3) is 4.79. The molecule has 1 aliphatic carbocycles. The molecule has 0 fully saturated rings. The van der Waals surface area contributed by atoms with Crippen LogP contribution in [-0.4, -0.2) is 10.3 Å². The van der Waals surface area contributed by atoms with Crippen molar-refractivity contribution in [2.75, 3.05) is 10.2 Å². The molecule has 0 saturated heterocycles. The SMILES string of the molecule is CC1c2c(n(-c3ccc(CNc4ccccc4C(=N)c4ccccc4)cc3)c3ccccc23)C=C2C1c1ccccc1N2c1ccccc1. The Balaban J connectivity index is 1.08. The number of rotatable bonds is 7. The van der Waals surface area contributed by atoms with Crippen LogP contribution in [0.1, 0.15) is 52.3 Å². The summed E-state index contributed by atoms with van der Waals surface area (Å²) in [6.45, 7) is 3.07. The zero-order valence-electron chi connectivity index (χ0n) is 27.3. The number of fused-ring (bicyclic) bond motifs is 6. The maximum atomic E-state index is 8.85. The first-order chi connectivity index (χ1) is 24.2. The molecule has 0 saturated carbocycles. The van der Waals surface area contributed by atoms with Crippen LogP contribution in [0.4, 0.5) is 17.1 Å². The van der Waals surface area contributed by atoms with E-state index in [1.807, 2.05) is 48.5 Å². The number of hydrogen-bond donors (Lipinski definition) is 2. The molecule has 4 nitrogen and oxygen atoms in total. The quantitative estimate of drug-likeness (QED) is 0.172. The minimum absolute atomic E-state index is 0.280. The summed E-state index contributed by atoms with van der Waals surface area (Å²) in [5.74, 6) is 0.581. The van der Waals surface area contributed by atoms with E-state index in [1.165, 1.54) is 50.4 Å². The van der Waals surface area contributed by atoms with Gasteiger partial charge in [-0.2, -0.15) is 0 Å². The highest BCUT2D eigenvalue weighted by Gasteiger charge is 2.42. The van der Waals surface area contributed by atoms with Crippen molar-refractivity contribution in [3.8, 4) is 5.69 Å². The van der Waals surface area contributed by atoms with Crippen LogP contribution >= 0.6 is 0 Å². The molecular formula is C45H36N4. The third-order valence-corrected chi connectivity index (χ3v) is 10.2. The van der Waals surface area contributed by atoms with E-state index in [0.29, 0.717) is 18.2 Å². The molecule has 2 N–H and O–H groups in total. The Morgan fingerprint density at radius 1 is 0.673 bits per heavy atom. The van der Waals surface area contributed by atoms with Gasteiger partial charge in [-0.25, -0.2) is 0 Å². The molecule has 6 aromatic carbocycles. The van der Waals surface area contributed by atoms with Crippen LogP contribution in [0.2, 0.25) is 0 Å². The van der Waals surface area contributed by atoms with Crippen LogP contribution in [0.3, 0.4) is 0 Å². The van der Waals surface area contributed by atoms with Crippen molar-refractivity contribution >= 4 is 39.8 Å². The summed E-state index contributed by atoms with van der Waals surface area (Å²) in [5, 5.41) is 13.8. The smallest absolute Gasteiger partial charge is 0.0705 e. The predicted octanol–water partition coefficient (Wildman–Crippen LogP) is 11.1. The van der Waals surface area contributed by atoms with Gasteiger partial charge in [0.25, 0.3) is 0 Å². The molecule has 4 heteroatoms. The molecule has 0 amide bonds. The van der Waals surface area contributed by atoms with E-state index in [9.17, 15) is 0 Å². The van der Waals surface area contributed by atoms with Crippen molar-refractivity contribution in [3.05, 3.63) is 197 Å². The zero-order valence-corrected chi connectivity index (χ0v) is 27.3. The molecule has 0 radical (unpaired) electrons. The lowest BCUT2D eigenvalue weighted by Crippen LogP contribution is -2.20. The number of allylic oxidation sites excluding steroid dienone is 1. The molecule has 1 aliphatic heterocycles. The Bertz CT molecular complexity index is 2370. The fourth-order valence-electron chi connectivity index (χ4n) is 8.00. The predicted molar refractivity (Wildman–Crippen MR) is 204 cm³/mol. The highest BCUT2D eigenvalue weighted by Crippen LogP contribution is 2.57. The minimum atomic E-state index is 0.280. The molecular weight excluding hydrogens is 597 g/mol. The van der Waals surface area contributed by atoms with Gasteiger partial charge in [-0.1, -0.05) is 122 Å². The van der Waals surface area contributed by atoms with Gasteiger partial charge in [-0.3, -0.25) is 5.41 Å². The van der Waals surface area contributed by atoms with Crippen molar-refractivity contribution in [2.24, 2.45) is 0 Å². The highest BCUT2D eigenvalue weighted by atomic mass is 15.2. The van der Waals surface area contributed by atoms with E-state index in [-0.39, 0.29) is 5.92 Å². The van der Waals surface area contributed by atoms with Gasteiger partial charge in [-0.15, -0.1) is 0 Å². The number of nitrogens with one attached hydrogen (secondary N) is 2. The second kappa shape index (κ2) is 11.8. The summed E-state index contributed by atoms with van der Waals surface area (Å²) in [5.41, 5.74) is 14.7. The molecule has 0 bridgehead atoms. The van der Waals surface area contributed by atoms with Crippen molar-refractivity contribution in [3.63, 3.8) is 0 Å². The molecule has 0 spiro atoms. The Kier molecular flexibility index (Phi) is 7.02. The molecule has 2 aliphatic rings. The Labute approximate surface area is 287 Å². The lowest BCUT2D eigenvalue weighted by atomic mass is 9.77. The van der Waals surface area contributed by atoms with E-state index in [0.717, 1.165) is 22.5 Å². The molecule has 2 heterocycles. The standard InChI is InChI=1S/C45H36N4/c1-30-43-36-19-9-12-22-39(36)48(33-16-6-3-7-17-33)41(43)28-42-44(30)37-20-10-13-23-40(37)49(42)34-26-24-31(25-27-34)29-47-38-21-11-8-18-35(38)45(46)32-14-4-2-5-15-32/h2-28,30,43,46-47H,29H2,1H3. The number of para-hydroxylation sites is 4. The first-order valence-electron chi connectivity index (χ1n) is 17.0. The molecule has 1 aromatic heterocycles. The summed E-state index contributed by atoms with van der Waals surface area (Å²) in [6, 6.07) is 55.5. The summed E-state index contributed by atoms with van der Waals surface area (Å²) in [6.07, 6.45) is 2.45. The average Bonchev–Trinajstić information content (AvgIpc) is 3.68. The van der Waals surface area contributed by atoms with Crippen molar-refractivity contribution < 1.29 is 0 Å². The van der Waals surface area contributed by atoms with Crippen LogP contribution in [-0.2, 0) is 6.54 Å². The van der Waals surface area contributed by atoms with E-state index in [4.69, 9.17) is 5.41 Å². The Morgan fingerprint density at radius 2 is 1.35 bits per heavy atom. The first kappa shape index (κ1) is 29.0. The maximum absolute atomic E-state index is 8.85. The van der Waals surface area contributed by atoms with Crippen molar-refractivity contribution in [2.45, 2.75) is 25.3 Å². The number of nitrogens with zero attached hydrogens (tertiary/aromatic N) is 2. The van der Waals surface area contributed by atoms with E-state index < -0.39 is 0 Å². The van der Waals surface area contributed by atoms with Gasteiger partial charge in [0.15, 0.2) is 0 Å². The summed E-state index contributed by atoms with van der Waals surface area (Å²) < 4.78 is 2.45. The van der Waals surface area contributed by atoms with Gasteiger partial charge < -0.3 is 14.8 Å². The zero-order chi connectivity index (χ0) is 32.9. The number of aromatic nitrogens is 1. The van der Waals surface area contributed by atoms with Crippen molar-refractivity contribution in [1.29, 1.82) is 5.41 Å². The average molecular weight is 633 g/mol. The van der Waals surface area contributed by atoms with Gasteiger partial charge in [0, 0.05) is 57.4 Å². The second-order valence-corrected chi connectivity index (χ2v) is 13.0. The fraction of sp³-hybridized carbons (Fsp3) is 0.0889. The second-order valence-electron chi connectivity index (χ2n) is 13.0. The van der Waals surface area contributed by atoms with Gasteiger partial charge in [0.05, 0.1) is 16.9 Å². The molecule has 236 valence electrons. The fourth-order valence-corrected chi connectivity index (χ4v) is 8.00.